The van der Waals surface area contributed by atoms with Gasteiger partial charge >= 0.3 is 0 Å². The molecule has 1 unspecified atom stereocenters. The largest absolute Gasteiger partial charge is 0.454 e. The molecule has 4 rings (SSSR count). The number of fused-ring (bicyclic) bond motifs is 1. The van der Waals surface area contributed by atoms with Gasteiger partial charge in [0.15, 0.2) is 11.5 Å². The molecule has 2 aliphatic rings. The lowest BCUT2D eigenvalue weighted by Gasteiger charge is -2.13. The molecular weight excluding hydrogens is 324 g/mol. The van der Waals surface area contributed by atoms with Gasteiger partial charge < -0.3 is 19.7 Å². The number of aromatic nitrogens is 2. The van der Waals surface area contributed by atoms with E-state index >= 15 is 0 Å². The molecule has 1 aromatic carbocycles. The topological polar surface area (TPSA) is 96.6 Å². The molecule has 0 spiro atoms. The molecule has 25 heavy (non-hydrogen) atoms. The van der Waals surface area contributed by atoms with E-state index in [4.69, 9.17) is 9.47 Å². The number of rotatable bonds is 4. The summed E-state index contributed by atoms with van der Waals surface area (Å²) in [6.45, 7) is 3.19. The molecule has 8 heteroatoms. The number of nitrogens with zero attached hydrogens (tertiary/aromatic N) is 2. The van der Waals surface area contributed by atoms with Gasteiger partial charge in [0, 0.05) is 25.1 Å². The van der Waals surface area contributed by atoms with Gasteiger partial charge in [-0.15, -0.1) is 0 Å². The Kier molecular flexibility index (Phi) is 3.79. The fraction of sp³-hybridized carbons (Fsp3) is 0.353. The standard InChI is InChI=1S/C17H18N4O4/c1-2-21-8-11(6-15(21)22)17(23)19-16-12(7-18-20-16)10-3-4-13-14(5-10)25-9-24-13/h3-5,7,11H,2,6,8-9H2,1H3,(H2,18,19,20,23). The maximum Gasteiger partial charge on any atom is 0.231 e. The third-order valence-electron chi connectivity index (χ3n) is 4.54. The van der Waals surface area contributed by atoms with Crippen LogP contribution in [-0.4, -0.2) is 46.8 Å². The number of carbonyl (C=O) groups is 2. The smallest absolute Gasteiger partial charge is 0.231 e. The van der Waals surface area contributed by atoms with Gasteiger partial charge in [-0.05, 0) is 24.6 Å². The van der Waals surface area contributed by atoms with Crippen LogP contribution in [0.2, 0.25) is 0 Å². The van der Waals surface area contributed by atoms with Crippen molar-refractivity contribution in [3.63, 3.8) is 0 Å². The van der Waals surface area contributed by atoms with Crippen molar-refractivity contribution in [2.24, 2.45) is 5.92 Å². The number of likely N-dealkylation sites (tertiary alicyclic amines) is 1. The highest BCUT2D eigenvalue weighted by atomic mass is 16.7. The number of hydrogen-bond acceptors (Lipinski definition) is 5. The van der Waals surface area contributed by atoms with Crippen LogP contribution in [0.3, 0.4) is 0 Å². The number of carbonyl (C=O) groups excluding carboxylic acids is 2. The maximum atomic E-state index is 12.5. The molecule has 8 nitrogen and oxygen atoms in total. The molecule has 2 aliphatic heterocycles. The van der Waals surface area contributed by atoms with Gasteiger partial charge in [0.25, 0.3) is 0 Å². The van der Waals surface area contributed by atoms with Crippen LogP contribution in [0.1, 0.15) is 13.3 Å². The molecule has 3 heterocycles. The van der Waals surface area contributed by atoms with Crippen LogP contribution in [0.15, 0.2) is 24.4 Å². The summed E-state index contributed by atoms with van der Waals surface area (Å²) in [5.41, 5.74) is 1.61. The van der Waals surface area contributed by atoms with Crippen molar-refractivity contribution < 1.29 is 19.1 Å². The molecule has 1 atom stereocenters. The number of aromatic amines is 1. The molecule has 0 saturated carbocycles. The quantitative estimate of drug-likeness (QED) is 0.880. The number of amides is 2. The average molecular weight is 342 g/mol. The number of nitrogens with one attached hydrogen (secondary N) is 2. The minimum Gasteiger partial charge on any atom is -0.454 e. The van der Waals surface area contributed by atoms with E-state index in [0.29, 0.717) is 30.4 Å². The Hall–Kier alpha value is -3.03. The normalized spacial score (nSPS) is 18.7. The Morgan fingerprint density at radius 2 is 2.24 bits per heavy atom. The van der Waals surface area contributed by atoms with Crippen molar-refractivity contribution in [1.82, 2.24) is 15.1 Å². The van der Waals surface area contributed by atoms with Crippen LogP contribution >= 0.6 is 0 Å². The number of hydrogen-bond donors (Lipinski definition) is 2. The Morgan fingerprint density at radius 3 is 3.04 bits per heavy atom. The third-order valence-corrected chi connectivity index (χ3v) is 4.54. The first-order valence-electron chi connectivity index (χ1n) is 8.17. The van der Waals surface area contributed by atoms with E-state index in [1.807, 2.05) is 25.1 Å². The first-order valence-corrected chi connectivity index (χ1v) is 8.17. The summed E-state index contributed by atoms with van der Waals surface area (Å²) in [4.78, 5) is 26.0. The zero-order valence-corrected chi connectivity index (χ0v) is 13.7. The van der Waals surface area contributed by atoms with Gasteiger partial charge in [-0.3, -0.25) is 14.7 Å². The third kappa shape index (κ3) is 2.79. The van der Waals surface area contributed by atoms with E-state index in [0.717, 1.165) is 11.1 Å². The van der Waals surface area contributed by atoms with Crippen LogP contribution < -0.4 is 14.8 Å². The first kappa shape index (κ1) is 15.5. The second-order valence-electron chi connectivity index (χ2n) is 6.05. The van der Waals surface area contributed by atoms with E-state index < -0.39 is 0 Å². The number of ether oxygens (including phenoxy) is 2. The highest BCUT2D eigenvalue weighted by Gasteiger charge is 2.33. The highest BCUT2D eigenvalue weighted by Crippen LogP contribution is 2.37. The molecule has 0 bridgehead atoms. The highest BCUT2D eigenvalue weighted by molar-refractivity contribution is 5.99. The fourth-order valence-electron chi connectivity index (χ4n) is 3.14. The van der Waals surface area contributed by atoms with Gasteiger partial charge in [-0.1, -0.05) is 6.07 Å². The monoisotopic (exact) mass is 342 g/mol. The molecule has 1 aromatic heterocycles. The van der Waals surface area contributed by atoms with Gasteiger partial charge in [0.05, 0.1) is 12.1 Å². The van der Waals surface area contributed by atoms with E-state index in [1.54, 1.807) is 11.1 Å². The predicted molar refractivity (Wildman–Crippen MR) is 89.1 cm³/mol. The van der Waals surface area contributed by atoms with E-state index in [-0.39, 0.29) is 30.9 Å². The second kappa shape index (κ2) is 6.12. The molecule has 130 valence electrons. The predicted octanol–water partition coefficient (Wildman–Crippen LogP) is 1.61. The Labute approximate surface area is 144 Å². The summed E-state index contributed by atoms with van der Waals surface area (Å²) in [6.07, 6.45) is 1.89. The lowest BCUT2D eigenvalue weighted by molar-refractivity contribution is -0.128. The second-order valence-corrected chi connectivity index (χ2v) is 6.05. The first-order chi connectivity index (χ1) is 12.2. The molecular formula is C17H18N4O4. The molecule has 0 radical (unpaired) electrons. The van der Waals surface area contributed by atoms with Crippen molar-refractivity contribution in [1.29, 1.82) is 0 Å². The zero-order valence-electron chi connectivity index (χ0n) is 13.7. The minimum absolute atomic E-state index is 0.0169. The van der Waals surface area contributed by atoms with Crippen LogP contribution in [-0.2, 0) is 9.59 Å². The van der Waals surface area contributed by atoms with Gasteiger partial charge in [0.1, 0.15) is 5.82 Å². The fourth-order valence-corrected chi connectivity index (χ4v) is 3.14. The van der Waals surface area contributed by atoms with E-state index in [1.165, 1.54) is 0 Å². The van der Waals surface area contributed by atoms with E-state index in [9.17, 15) is 9.59 Å². The van der Waals surface area contributed by atoms with Crippen molar-refractivity contribution in [3.05, 3.63) is 24.4 Å². The molecule has 2 N–H and O–H groups in total. The van der Waals surface area contributed by atoms with Gasteiger partial charge in [-0.2, -0.15) is 5.10 Å². The molecule has 2 amide bonds. The van der Waals surface area contributed by atoms with Crippen molar-refractivity contribution in [2.45, 2.75) is 13.3 Å². The Bertz CT molecular complexity index is 832. The van der Waals surface area contributed by atoms with Crippen LogP contribution in [0.4, 0.5) is 5.82 Å². The van der Waals surface area contributed by atoms with Crippen LogP contribution in [0.25, 0.3) is 11.1 Å². The summed E-state index contributed by atoms with van der Waals surface area (Å²) < 4.78 is 10.7. The average Bonchev–Trinajstić information content (AvgIpc) is 3.32. The van der Waals surface area contributed by atoms with Crippen LogP contribution in [0, 0.1) is 5.92 Å². The van der Waals surface area contributed by atoms with Crippen molar-refractivity contribution in [3.8, 4) is 22.6 Å². The Balaban J connectivity index is 1.52. The molecule has 1 saturated heterocycles. The lowest BCUT2D eigenvalue weighted by Crippen LogP contribution is -2.28. The van der Waals surface area contributed by atoms with Crippen LogP contribution in [0.5, 0.6) is 11.5 Å². The van der Waals surface area contributed by atoms with Crippen molar-refractivity contribution in [2.75, 3.05) is 25.2 Å². The summed E-state index contributed by atoms with van der Waals surface area (Å²) in [5.74, 6) is 1.35. The number of anilines is 1. The number of H-pyrrole nitrogens is 1. The summed E-state index contributed by atoms with van der Waals surface area (Å²) >= 11 is 0. The molecule has 2 aromatic rings. The summed E-state index contributed by atoms with van der Waals surface area (Å²) in [7, 11) is 0. The molecule has 1 fully saturated rings. The summed E-state index contributed by atoms with van der Waals surface area (Å²) in [5, 5.41) is 9.69. The summed E-state index contributed by atoms with van der Waals surface area (Å²) in [6, 6.07) is 5.55. The number of benzene rings is 1. The molecule has 0 aliphatic carbocycles. The Morgan fingerprint density at radius 1 is 1.40 bits per heavy atom. The maximum absolute atomic E-state index is 12.5. The van der Waals surface area contributed by atoms with Gasteiger partial charge in [-0.25, -0.2) is 0 Å². The van der Waals surface area contributed by atoms with E-state index in [2.05, 4.69) is 15.5 Å². The van der Waals surface area contributed by atoms with Crippen molar-refractivity contribution >= 4 is 17.6 Å². The lowest BCUT2D eigenvalue weighted by atomic mass is 10.1. The minimum atomic E-state index is -0.347. The van der Waals surface area contributed by atoms with Gasteiger partial charge in [0.2, 0.25) is 18.6 Å². The SMILES string of the molecule is CCN1CC(C(=O)Nc2[nH]ncc2-c2ccc3c(c2)OCO3)CC1=O. The zero-order chi connectivity index (χ0) is 17.4.